The van der Waals surface area contributed by atoms with Gasteiger partial charge in [0, 0.05) is 11.1 Å². The van der Waals surface area contributed by atoms with Gasteiger partial charge in [-0.2, -0.15) is 15.4 Å². The first-order chi connectivity index (χ1) is 14.5. The third-order valence-electron chi connectivity index (χ3n) is 4.87. The number of carbonyl (C=O) groups excluding carboxylic acids is 2. The van der Waals surface area contributed by atoms with Crippen molar-refractivity contribution in [2.75, 3.05) is 4.90 Å². The van der Waals surface area contributed by atoms with Crippen LogP contribution in [-0.2, 0) is 0 Å². The van der Waals surface area contributed by atoms with E-state index in [0.29, 0.717) is 22.5 Å². The summed E-state index contributed by atoms with van der Waals surface area (Å²) in [5.41, 5.74) is 2.51. The summed E-state index contributed by atoms with van der Waals surface area (Å²) in [7, 11) is 0. The fraction of sp³-hybridized carbons (Fsp3) is 0. The van der Waals surface area contributed by atoms with Crippen molar-refractivity contribution in [3.05, 3.63) is 71.8 Å². The highest BCUT2D eigenvalue weighted by Gasteiger charge is 2.38. The number of aromatic amines is 2. The number of benzene rings is 2. The molecule has 0 saturated carbocycles. The number of hydrogen-bond acceptors (Lipinski definition) is 6. The molecular formula is C20H12N6O4. The number of aromatic nitrogens is 5. The molecule has 0 atom stereocenters. The Kier molecular flexibility index (Phi) is 3.78. The molecule has 0 bridgehead atoms. The minimum atomic E-state index is -1.26. The number of imidazole rings is 1. The van der Waals surface area contributed by atoms with E-state index in [1.807, 2.05) is 0 Å². The highest BCUT2D eigenvalue weighted by molar-refractivity contribution is 6.35. The monoisotopic (exact) mass is 400 g/mol. The number of amides is 2. The molecule has 5 rings (SSSR count). The smallest absolute Gasteiger partial charge is 0.337 e. The normalized spacial score (nSPS) is 13.0. The molecule has 1 aliphatic rings. The zero-order valence-electron chi connectivity index (χ0n) is 15.2. The number of carboxylic acid groups (broad SMARTS) is 1. The van der Waals surface area contributed by atoms with Crippen LogP contribution in [0.5, 0.6) is 0 Å². The summed E-state index contributed by atoms with van der Waals surface area (Å²) in [6, 6.07) is 9.20. The van der Waals surface area contributed by atoms with Crippen LogP contribution in [0.3, 0.4) is 0 Å². The van der Waals surface area contributed by atoms with Crippen molar-refractivity contribution in [3.8, 4) is 22.5 Å². The number of H-pyrrole nitrogens is 2. The summed E-state index contributed by atoms with van der Waals surface area (Å²) in [6.45, 7) is 0. The Morgan fingerprint density at radius 2 is 1.77 bits per heavy atom. The molecule has 2 aromatic carbocycles. The maximum absolute atomic E-state index is 13.1. The van der Waals surface area contributed by atoms with Crippen molar-refractivity contribution in [1.29, 1.82) is 0 Å². The number of carbonyl (C=O) groups is 3. The molecule has 3 N–H and O–H groups in total. The Bertz CT molecular complexity index is 1310. The number of rotatable bonds is 4. The average Bonchev–Trinajstić information content (AvgIpc) is 3.50. The highest BCUT2D eigenvalue weighted by Crippen LogP contribution is 2.34. The van der Waals surface area contributed by atoms with E-state index in [4.69, 9.17) is 0 Å². The third-order valence-corrected chi connectivity index (χ3v) is 4.87. The summed E-state index contributed by atoms with van der Waals surface area (Å²) >= 11 is 0. The quantitative estimate of drug-likeness (QED) is 0.446. The zero-order valence-corrected chi connectivity index (χ0v) is 15.2. The average molecular weight is 400 g/mol. The molecule has 1 aliphatic heterocycles. The van der Waals surface area contributed by atoms with Crippen LogP contribution in [0.25, 0.3) is 22.5 Å². The molecule has 10 nitrogen and oxygen atoms in total. The molecule has 0 aliphatic carbocycles. The van der Waals surface area contributed by atoms with E-state index >= 15 is 0 Å². The lowest BCUT2D eigenvalue weighted by molar-refractivity contribution is 0.0698. The number of hydrogen-bond donors (Lipinski definition) is 3. The van der Waals surface area contributed by atoms with Gasteiger partial charge in [-0.25, -0.2) is 14.7 Å². The predicted octanol–water partition coefficient (Wildman–Crippen LogP) is 2.36. The molecule has 10 heteroatoms. The second kappa shape index (κ2) is 6.48. The summed E-state index contributed by atoms with van der Waals surface area (Å²) in [5.74, 6) is -2.44. The van der Waals surface area contributed by atoms with Gasteiger partial charge in [-0.3, -0.25) is 9.59 Å². The van der Waals surface area contributed by atoms with Crippen molar-refractivity contribution in [3.63, 3.8) is 0 Å². The number of anilines is 1. The molecule has 4 aromatic rings. The van der Waals surface area contributed by atoms with E-state index in [1.54, 1.807) is 24.4 Å². The number of nitrogens with zero attached hydrogens (tertiary/aromatic N) is 4. The Morgan fingerprint density at radius 1 is 0.967 bits per heavy atom. The van der Waals surface area contributed by atoms with Crippen molar-refractivity contribution in [2.45, 2.75) is 0 Å². The predicted molar refractivity (Wildman–Crippen MR) is 104 cm³/mol. The van der Waals surface area contributed by atoms with E-state index < -0.39 is 17.8 Å². The number of fused-ring (bicyclic) bond motifs is 1. The van der Waals surface area contributed by atoms with Crippen molar-refractivity contribution in [2.24, 2.45) is 0 Å². The Balaban J connectivity index is 1.60. The van der Waals surface area contributed by atoms with Gasteiger partial charge in [0.1, 0.15) is 5.69 Å². The fourth-order valence-corrected chi connectivity index (χ4v) is 3.44. The van der Waals surface area contributed by atoms with E-state index in [1.165, 1.54) is 30.7 Å². The minimum Gasteiger partial charge on any atom is -0.478 e. The van der Waals surface area contributed by atoms with Gasteiger partial charge in [-0.05, 0) is 24.3 Å². The highest BCUT2D eigenvalue weighted by atomic mass is 16.4. The first-order valence-electron chi connectivity index (χ1n) is 8.79. The summed E-state index contributed by atoms with van der Waals surface area (Å²) < 4.78 is 0. The van der Waals surface area contributed by atoms with Crippen LogP contribution in [0.4, 0.5) is 5.69 Å². The van der Waals surface area contributed by atoms with Crippen LogP contribution in [0.1, 0.15) is 31.1 Å². The minimum absolute atomic E-state index is 0.0000450. The zero-order chi connectivity index (χ0) is 20.8. The summed E-state index contributed by atoms with van der Waals surface area (Å²) in [4.78, 5) is 45.6. The van der Waals surface area contributed by atoms with Crippen LogP contribution >= 0.6 is 0 Å². The first-order valence-corrected chi connectivity index (χ1v) is 8.79. The lowest BCUT2D eigenvalue weighted by Crippen LogP contribution is -2.31. The second-order valence-corrected chi connectivity index (χ2v) is 6.56. The molecule has 0 fully saturated rings. The van der Waals surface area contributed by atoms with E-state index in [2.05, 4.69) is 25.4 Å². The topological polar surface area (TPSA) is 145 Å². The number of imide groups is 1. The SMILES string of the molecule is O=C(O)c1cc(-c2cnc[nH]2)ccc1N1C(=O)c2ccc(-c3cn[nH]n3)cc2C1=O. The van der Waals surface area contributed by atoms with Gasteiger partial charge in [0.15, 0.2) is 0 Å². The first kappa shape index (κ1) is 17.5. The molecule has 0 unspecified atom stereocenters. The second-order valence-electron chi connectivity index (χ2n) is 6.56. The summed E-state index contributed by atoms with van der Waals surface area (Å²) in [5, 5.41) is 19.9. The maximum atomic E-state index is 13.1. The molecular weight excluding hydrogens is 388 g/mol. The van der Waals surface area contributed by atoms with Gasteiger partial charge in [0.2, 0.25) is 0 Å². The molecule has 0 saturated heterocycles. The maximum Gasteiger partial charge on any atom is 0.337 e. The molecule has 2 amide bonds. The van der Waals surface area contributed by atoms with Crippen LogP contribution in [0.2, 0.25) is 0 Å². The van der Waals surface area contributed by atoms with Crippen molar-refractivity contribution < 1.29 is 19.5 Å². The molecule has 3 heterocycles. The van der Waals surface area contributed by atoms with E-state index in [-0.39, 0.29) is 22.4 Å². The van der Waals surface area contributed by atoms with Crippen LogP contribution in [0.15, 0.2) is 55.1 Å². The lowest BCUT2D eigenvalue weighted by atomic mass is 10.0. The largest absolute Gasteiger partial charge is 0.478 e. The van der Waals surface area contributed by atoms with E-state index in [0.717, 1.165) is 4.90 Å². The van der Waals surface area contributed by atoms with Gasteiger partial charge < -0.3 is 10.1 Å². The van der Waals surface area contributed by atoms with Gasteiger partial charge in [0.05, 0.1) is 46.8 Å². The van der Waals surface area contributed by atoms with Gasteiger partial charge >= 0.3 is 5.97 Å². The molecule has 2 aromatic heterocycles. The molecule has 30 heavy (non-hydrogen) atoms. The number of nitrogens with one attached hydrogen (secondary N) is 2. The standard InChI is InChI=1S/C20H12N6O4/c27-18-12-3-1-11(16-8-23-25-24-16)5-13(12)19(28)26(18)17-4-2-10(6-14(17)20(29)30)15-7-21-9-22-15/h1-9H,(H,21,22)(H,29,30)(H,23,24,25). The van der Waals surface area contributed by atoms with Gasteiger partial charge in [-0.15, -0.1) is 0 Å². The van der Waals surface area contributed by atoms with Gasteiger partial charge in [-0.1, -0.05) is 12.1 Å². The number of carboxylic acids is 1. The summed E-state index contributed by atoms with van der Waals surface area (Å²) in [6.07, 6.45) is 4.52. The Labute approximate surface area is 168 Å². The van der Waals surface area contributed by atoms with Crippen molar-refractivity contribution >= 4 is 23.5 Å². The van der Waals surface area contributed by atoms with Crippen LogP contribution in [-0.4, -0.2) is 48.3 Å². The van der Waals surface area contributed by atoms with Crippen LogP contribution < -0.4 is 4.90 Å². The number of aromatic carboxylic acids is 1. The molecule has 0 spiro atoms. The Hall–Kier alpha value is -4.60. The van der Waals surface area contributed by atoms with Crippen molar-refractivity contribution in [1.82, 2.24) is 25.4 Å². The third kappa shape index (κ3) is 2.58. The van der Waals surface area contributed by atoms with E-state index in [9.17, 15) is 19.5 Å². The molecule has 146 valence electrons. The fourth-order valence-electron chi connectivity index (χ4n) is 3.44. The Morgan fingerprint density at radius 3 is 2.47 bits per heavy atom. The van der Waals surface area contributed by atoms with Crippen LogP contribution in [0, 0.1) is 0 Å². The van der Waals surface area contributed by atoms with Gasteiger partial charge in [0.25, 0.3) is 11.8 Å². The molecule has 0 radical (unpaired) electrons. The lowest BCUT2D eigenvalue weighted by Gasteiger charge is -2.17.